The molecule has 412 valence electrons. The summed E-state index contributed by atoms with van der Waals surface area (Å²) in [6.07, 6.45) is 75.4. The summed E-state index contributed by atoms with van der Waals surface area (Å²) < 4.78 is 5.95. The minimum Gasteiger partial charge on any atom is -0.462 e. The summed E-state index contributed by atoms with van der Waals surface area (Å²) in [6, 6.07) is -0.720. The van der Waals surface area contributed by atoms with Crippen molar-refractivity contribution in [1.82, 2.24) is 5.32 Å². The number of unbranched alkanes of at least 4 members (excludes halogenated alkanes) is 33. The molecule has 0 fully saturated rings. The van der Waals surface area contributed by atoms with Crippen LogP contribution in [0.25, 0.3) is 0 Å². The molecule has 0 spiro atoms. The lowest BCUT2D eigenvalue weighted by Crippen LogP contribution is -2.46. The molecule has 0 bridgehead atoms. The number of amides is 1. The monoisotopic (exact) mass is 992 g/mol. The van der Waals surface area contributed by atoms with Crippen molar-refractivity contribution in [2.24, 2.45) is 0 Å². The van der Waals surface area contributed by atoms with E-state index in [-0.39, 0.29) is 24.9 Å². The van der Waals surface area contributed by atoms with Gasteiger partial charge in [-0.25, -0.2) is 0 Å². The first-order valence-electron chi connectivity index (χ1n) is 30.7. The first-order chi connectivity index (χ1) is 35.0. The van der Waals surface area contributed by atoms with Crippen LogP contribution in [0.15, 0.2) is 72.9 Å². The molecular weight excluding hydrogens is 875 g/mol. The summed E-state index contributed by atoms with van der Waals surface area (Å²) in [5, 5.41) is 23.9. The molecule has 0 aromatic carbocycles. The van der Waals surface area contributed by atoms with Crippen molar-refractivity contribution in [1.29, 1.82) is 0 Å². The third-order valence-electron chi connectivity index (χ3n) is 13.8. The number of nitrogens with one attached hydrogen (secondary N) is 1. The molecule has 3 unspecified atom stereocenters. The summed E-state index contributed by atoms with van der Waals surface area (Å²) in [6.45, 7) is 6.46. The molecule has 71 heavy (non-hydrogen) atoms. The van der Waals surface area contributed by atoms with Crippen LogP contribution >= 0.6 is 0 Å². The van der Waals surface area contributed by atoms with Gasteiger partial charge in [0.25, 0.3) is 0 Å². The number of hydrogen-bond donors (Lipinski definition) is 3. The van der Waals surface area contributed by atoms with E-state index in [0.29, 0.717) is 19.3 Å². The topological polar surface area (TPSA) is 95.9 Å². The second-order valence-corrected chi connectivity index (χ2v) is 20.8. The minimum absolute atomic E-state index is 0.0479. The molecule has 0 heterocycles. The molecule has 6 heteroatoms. The van der Waals surface area contributed by atoms with E-state index in [4.69, 9.17) is 4.74 Å². The average Bonchev–Trinajstić information content (AvgIpc) is 3.36. The second-order valence-electron chi connectivity index (χ2n) is 20.8. The van der Waals surface area contributed by atoms with Crippen LogP contribution in [0.2, 0.25) is 0 Å². The van der Waals surface area contributed by atoms with Gasteiger partial charge in [-0.3, -0.25) is 9.59 Å². The lowest BCUT2D eigenvalue weighted by atomic mass is 10.0. The number of ether oxygens (including phenoxy) is 1. The maximum absolute atomic E-state index is 13.3. The molecule has 0 saturated carbocycles. The maximum atomic E-state index is 13.3. The standard InChI is InChI=1S/C65H117NO5/c1-4-7-10-13-16-19-22-25-28-31-32-34-37-40-43-46-49-52-55-58-65(70)71-61(56-53-50-47-44-41-38-35-30-27-24-21-18-15-12-9-6-3)59-64(69)66-62(60-67)63(68)57-54-51-48-45-42-39-36-33-29-26-23-20-17-14-11-8-5-2/h16,19,24-25,27-28,30,32,34-35,38,41,61-63,67-68H,4-15,17-18,20-23,26,29,31,33,36-37,39-40,42-60H2,1-3H3,(H,66,69)/b19-16-,27-24+,28-25-,34-32-,35-30+,41-38+. The first kappa shape index (κ1) is 68.3. The molecule has 0 aromatic rings. The number of allylic oxidation sites excluding steroid dienone is 12. The van der Waals surface area contributed by atoms with E-state index in [9.17, 15) is 19.8 Å². The number of carbonyl (C=O) groups excluding carboxylic acids is 2. The minimum atomic E-state index is -0.804. The largest absolute Gasteiger partial charge is 0.462 e. The van der Waals surface area contributed by atoms with Gasteiger partial charge >= 0.3 is 5.97 Å². The molecule has 6 nitrogen and oxygen atoms in total. The summed E-state index contributed by atoms with van der Waals surface area (Å²) in [5.74, 6) is -0.515. The zero-order chi connectivity index (χ0) is 51.6. The van der Waals surface area contributed by atoms with Crippen LogP contribution in [0.1, 0.15) is 303 Å². The van der Waals surface area contributed by atoms with Gasteiger partial charge in [-0.2, -0.15) is 0 Å². The molecule has 0 rings (SSSR count). The van der Waals surface area contributed by atoms with Crippen molar-refractivity contribution in [3.8, 4) is 0 Å². The number of rotatable bonds is 55. The van der Waals surface area contributed by atoms with E-state index >= 15 is 0 Å². The Balaban J connectivity index is 4.62. The zero-order valence-electron chi connectivity index (χ0n) is 47.1. The van der Waals surface area contributed by atoms with Crippen molar-refractivity contribution < 1.29 is 24.5 Å². The third kappa shape index (κ3) is 53.4. The van der Waals surface area contributed by atoms with E-state index in [0.717, 1.165) is 89.9 Å². The van der Waals surface area contributed by atoms with Crippen molar-refractivity contribution in [3.63, 3.8) is 0 Å². The van der Waals surface area contributed by atoms with Gasteiger partial charge in [-0.1, -0.05) is 273 Å². The predicted molar refractivity (Wildman–Crippen MR) is 310 cm³/mol. The van der Waals surface area contributed by atoms with E-state index in [2.05, 4.69) is 99.0 Å². The highest BCUT2D eigenvalue weighted by Crippen LogP contribution is 2.18. The van der Waals surface area contributed by atoms with Crippen molar-refractivity contribution >= 4 is 11.9 Å². The maximum Gasteiger partial charge on any atom is 0.306 e. The number of esters is 1. The first-order valence-corrected chi connectivity index (χ1v) is 30.7. The molecule has 0 saturated heterocycles. The Morgan fingerprint density at radius 2 is 0.775 bits per heavy atom. The molecule has 3 atom stereocenters. The fraction of sp³-hybridized carbons (Fsp3) is 0.785. The van der Waals surface area contributed by atoms with Gasteiger partial charge in [-0.15, -0.1) is 0 Å². The summed E-state index contributed by atoms with van der Waals surface area (Å²) in [4.78, 5) is 26.3. The van der Waals surface area contributed by atoms with E-state index in [1.54, 1.807) is 0 Å². The van der Waals surface area contributed by atoms with Gasteiger partial charge in [0.1, 0.15) is 6.10 Å². The van der Waals surface area contributed by atoms with Crippen LogP contribution in [-0.4, -0.2) is 46.9 Å². The van der Waals surface area contributed by atoms with Crippen LogP contribution < -0.4 is 5.32 Å². The summed E-state index contributed by atoms with van der Waals surface area (Å²) in [5.41, 5.74) is 0. The van der Waals surface area contributed by atoms with Crippen LogP contribution in [0.4, 0.5) is 0 Å². The third-order valence-corrected chi connectivity index (χ3v) is 13.8. The smallest absolute Gasteiger partial charge is 0.306 e. The quantitative estimate of drug-likeness (QED) is 0.0244. The van der Waals surface area contributed by atoms with Crippen LogP contribution in [0.3, 0.4) is 0 Å². The van der Waals surface area contributed by atoms with Gasteiger partial charge in [0.15, 0.2) is 0 Å². The Morgan fingerprint density at radius 3 is 1.24 bits per heavy atom. The van der Waals surface area contributed by atoms with Gasteiger partial charge in [0.2, 0.25) is 5.91 Å². The lowest BCUT2D eigenvalue weighted by Gasteiger charge is -2.24. The zero-order valence-corrected chi connectivity index (χ0v) is 47.1. The fourth-order valence-electron chi connectivity index (χ4n) is 9.15. The molecule has 0 aromatic heterocycles. The van der Waals surface area contributed by atoms with E-state index in [1.807, 2.05) is 0 Å². The van der Waals surface area contributed by atoms with Crippen LogP contribution in [0, 0.1) is 0 Å². The van der Waals surface area contributed by atoms with Crippen molar-refractivity contribution in [2.45, 2.75) is 322 Å². The highest BCUT2D eigenvalue weighted by Gasteiger charge is 2.24. The molecule has 0 radical (unpaired) electrons. The average molecular weight is 993 g/mol. The normalized spacial score (nSPS) is 13.6. The Morgan fingerprint density at radius 1 is 0.423 bits per heavy atom. The number of aliphatic hydroxyl groups excluding tert-OH is 2. The Bertz CT molecular complexity index is 1300. The molecule has 1 amide bonds. The van der Waals surface area contributed by atoms with Crippen molar-refractivity contribution in [2.75, 3.05) is 6.61 Å². The van der Waals surface area contributed by atoms with Gasteiger partial charge in [0, 0.05) is 6.42 Å². The van der Waals surface area contributed by atoms with Crippen molar-refractivity contribution in [3.05, 3.63) is 72.9 Å². The number of hydrogen-bond acceptors (Lipinski definition) is 5. The predicted octanol–water partition coefficient (Wildman–Crippen LogP) is 19.3. The Hall–Kier alpha value is -2.70. The molecule has 0 aliphatic rings. The van der Waals surface area contributed by atoms with Gasteiger partial charge in [0.05, 0.1) is 25.2 Å². The van der Waals surface area contributed by atoms with Crippen LogP contribution in [0.5, 0.6) is 0 Å². The number of aliphatic hydroxyl groups is 2. The van der Waals surface area contributed by atoms with E-state index in [1.165, 1.54) is 167 Å². The SMILES string of the molecule is CCCCC/C=C\C/C=C\C/C=C\CCCCCCCCC(=O)OC(CCCCC/C=C/C=C/C=C/CCCCCCC)CC(=O)NC(CO)C(O)CCCCCCCCCCCCCCCCCCC. The van der Waals surface area contributed by atoms with Crippen LogP contribution in [-0.2, 0) is 14.3 Å². The molecule has 3 N–H and O–H groups in total. The molecule has 0 aliphatic heterocycles. The van der Waals surface area contributed by atoms with Gasteiger partial charge in [-0.05, 0) is 89.9 Å². The Labute approximate surface area is 441 Å². The number of carbonyl (C=O) groups is 2. The summed E-state index contributed by atoms with van der Waals surface area (Å²) in [7, 11) is 0. The lowest BCUT2D eigenvalue weighted by molar-refractivity contribution is -0.151. The molecule has 0 aliphatic carbocycles. The Kier molecular flexibility index (Phi) is 56.0. The van der Waals surface area contributed by atoms with E-state index < -0.39 is 18.2 Å². The highest BCUT2D eigenvalue weighted by molar-refractivity contribution is 5.77. The highest BCUT2D eigenvalue weighted by atomic mass is 16.5. The summed E-state index contributed by atoms with van der Waals surface area (Å²) >= 11 is 0. The molecular formula is C65H117NO5. The fourth-order valence-corrected chi connectivity index (χ4v) is 9.15. The second kappa shape index (κ2) is 58.2. The van der Waals surface area contributed by atoms with Gasteiger partial charge < -0.3 is 20.3 Å².